The van der Waals surface area contributed by atoms with Gasteiger partial charge in [0.15, 0.2) is 0 Å². The predicted molar refractivity (Wildman–Crippen MR) is 88.4 cm³/mol. The second-order valence-electron chi connectivity index (χ2n) is 5.74. The van der Waals surface area contributed by atoms with E-state index in [1.165, 1.54) is 0 Å². The third kappa shape index (κ3) is 4.76. The van der Waals surface area contributed by atoms with Gasteiger partial charge in [0.05, 0.1) is 19.3 Å². The molecule has 0 spiro atoms. The Balaban J connectivity index is 1.44. The van der Waals surface area contributed by atoms with Crippen LogP contribution in [0.3, 0.4) is 0 Å². The first-order valence-corrected chi connectivity index (χ1v) is 8.13. The van der Waals surface area contributed by atoms with E-state index in [4.69, 9.17) is 9.47 Å². The molecule has 2 aromatic rings. The molecule has 1 saturated heterocycles. The minimum Gasteiger partial charge on any atom is -0.471 e. The van der Waals surface area contributed by atoms with E-state index in [0.717, 1.165) is 24.9 Å². The van der Waals surface area contributed by atoms with Crippen molar-refractivity contribution in [3.63, 3.8) is 0 Å². The van der Waals surface area contributed by atoms with Crippen LogP contribution in [-0.4, -0.2) is 46.6 Å². The number of benzene rings is 1. The van der Waals surface area contributed by atoms with Crippen molar-refractivity contribution in [3.05, 3.63) is 54.5 Å². The van der Waals surface area contributed by atoms with Crippen LogP contribution in [0, 0.1) is 0 Å². The van der Waals surface area contributed by atoms with E-state index in [1.807, 2.05) is 30.3 Å². The van der Waals surface area contributed by atoms with Crippen molar-refractivity contribution in [1.82, 2.24) is 14.9 Å². The number of amides is 1. The fourth-order valence-electron chi connectivity index (χ4n) is 2.70. The van der Waals surface area contributed by atoms with Gasteiger partial charge in [-0.15, -0.1) is 0 Å². The van der Waals surface area contributed by atoms with Crippen LogP contribution >= 0.6 is 0 Å². The first-order valence-electron chi connectivity index (χ1n) is 8.13. The fraction of sp³-hybridized carbons (Fsp3) is 0.389. The maximum absolute atomic E-state index is 12.3. The van der Waals surface area contributed by atoms with Crippen molar-refractivity contribution in [2.45, 2.75) is 25.6 Å². The lowest BCUT2D eigenvalue weighted by atomic mass is 10.1. The average molecular weight is 327 g/mol. The van der Waals surface area contributed by atoms with Crippen LogP contribution in [0.2, 0.25) is 0 Å². The van der Waals surface area contributed by atoms with Crippen molar-refractivity contribution in [2.75, 3.05) is 19.7 Å². The summed E-state index contributed by atoms with van der Waals surface area (Å²) in [4.78, 5) is 22.2. The molecule has 3 rings (SSSR count). The summed E-state index contributed by atoms with van der Waals surface area (Å²) in [6, 6.07) is 9.84. The molecular weight excluding hydrogens is 306 g/mol. The van der Waals surface area contributed by atoms with Crippen molar-refractivity contribution in [2.24, 2.45) is 0 Å². The van der Waals surface area contributed by atoms with Gasteiger partial charge >= 0.3 is 0 Å². The summed E-state index contributed by atoms with van der Waals surface area (Å²) in [5.41, 5.74) is 1.06. The van der Waals surface area contributed by atoms with Crippen LogP contribution in [0.4, 0.5) is 0 Å². The third-order valence-corrected chi connectivity index (χ3v) is 3.89. The number of likely N-dealkylation sites (tertiary alicyclic amines) is 1. The Kier molecular flexibility index (Phi) is 5.74. The standard InChI is InChI=1S/C18H21N3O3/c22-18(14-23-13-15-5-2-1-3-6-15)21-10-4-7-16(12-21)24-17-11-19-8-9-20-17/h1-3,5-6,8-9,11,16H,4,7,10,12-14H2/t16-/m0/s1. The molecule has 1 fully saturated rings. The fourth-order valence-corrected chi connectivity index (χ4v) is 2.70. The van der Waals surface area contributed by atoms with Crippen molar-refractivity contribution >= 4 is 5.91 Å². The van der Waals surface area contributed by atoms with Crippen LogP contribution in [-0.2, 0) is 16.1 Å². The van der Waals surface area contributed by atoms with Gasteiger partial charge in [-0.1, -0.05) is 30.3 Å². The number of nitrogens with zero attached hydrogens (tertiary/aromatic N) is 3. The number of hydrogen-bond donors (Lipinski definition) is 0. The number of hydrogen-bond acceptors (Lipinski definition) is 5. The third-order valence-electron chi connectivity index (χ3n) is 3.89. The molecule has 1 atom stereocenters. The summed E-state index contributed by atoms with van der Waals surface area (Å²) in [7, 11) is 0. The molecule has 2 heterocycles. The van der Waals surface area contributed by atoms with Crippen LogP contribution in [0.5, 0.6) is 5.88 Å². The van der Waals surface area contributed by atoms with Crippen LogP contribution < -0.4 is 4.74 Å². The number of rotatable bonds is 6. The second kappa shape index (κ2) is 8.40. The van der Waals surface area contributed by atoms with Crippen molar-refractivity contribution in [1.29, 1.82) is 0 Å². The van der Waals surface area contributed by atoms with Crippen molar-refractivity contribution < 1.29 is 14.3 Å². The number of piperidine rings is 1. The molecule has 0 N–H and O–H groups in total. The Morgan fingerprint density at radius 3 is 2.92 bits per heavy atom. The van der Waals surface area contributed by atoms with Gasteiger partial charge < -0.3 is 14.4 Å². The summed E-state index contributed by atoms with van der Waals surface area (Å²) >= 11 is 0. The summed E-state index contributed by atoms with van der Waals surface area (Å²) in [6.07, 6.45) is 6.56. The van der Waals surface area contributed by atoms with Gasteiger partial charge in [-0.2, -0.15) is 0 Å². The molecule has 0 radical (unpaired) electrons. The zero-order valence-electron chi connectivity index (χ0n) is 13.5. The van der Waals surface area contributed by atoms with E-state index in [9.17, 15) is 4.79 Å². The normalized spacial score (nSPS) is 17.5. The summed E-state index contributed by atoms with van der Waals surface area (Å²) in [6.45, 7) is 1.84. The molecular formula is C18H21N3O3. The quantitative estimate of drug-likeness (QED) is 0.812. The van der Waals surface area contributed by atoms with Gasteiger partial charge in [0.25, 0.3) is 0 Å². The molecule has 6 heteroatoms. The molecule has 6 nitrogen and oxygen atoms in total. The lowest BCUT2D eigenvalue weighted by Gasteiger charge is -2.32. The zero-order valence-corrected chi connectivity index (χ0v) is 13.5. The molecule has 1 aromatic heterocycles. The van der Waals surface area contributed by atoms with E-state index in [2.05, 4.69) is 9.97 Å². The molecule has 1 aliphatic rings. The monoisotopic (exact) mass is 327 g/mol. The molecule has 1 aromatic carbocycles. The molecule has 1 aliphatic heterocycles. The van der Waals surface area contributed by atoms with Crippen LogP contribution in [0.1, 0.15) is 18.4 Å². The summed E-state index contributed by atoms with van der Waals surface area (Å²) in [5.74, 6) is 0.496. The van der Waals surface area contributed by atoms with Gasteiger partial charge in [0.2, 0.25) is 11.8 Å². The number of ether oxygens (including phenoxy) is 2. The number of carbonyl (C=O) groups excluding carboxylic acids is 1. The van der Waals surface area contributed by atoms with Crippen LogP contribution in [0.15, 0.2) is 48.9 Å². The molecule has 0 unspecified atom stereocenters. The Hall–Kier alpha value is -2.47. The van der Waals surface area contributed by atoms with E-state index in [0.29, 0.717) is 19.0 Å². The minimum atomic E-state index is -0.0477. The lowest BCUT2D eigenvalue weighted by Crippen LogP contribution is -2.45. The number of aromatic nitrogens is 2. The highest BCUT2D eigenvalue weighted by molar-refractivity contribution is 5.77. The Morgan fingerprint density at radius 2 is 2.12 bits per heavy atom. The first-order chi connectivity index (χ1) is 11.8. The first kappa shape index (κ1) is 16.4. The summed E-state index contributed by atoms with van der Waals surface area (Å²) in [5, 5.41) is 0. The molecule has 0 bridgehead atoms. The van der Waals surface area contributed by atoms with Gasteiger partial charge in [0.1, 0.15) is 12.7 Å². The average Bonchev–Trinajstić information content (AvgIpc) is 2.64. The van der Waals surface area contributed by atoms with Gasteiger partial charge in [-0.25, -0.2) is 4.98 Å². The van der Waals surface area contributed by atoms with Gasteiger partial charge in [0, 0.05) is 18.9 Å². The van der Waals surface area contributed by atoms with Crippen molar-refractivity contribution in [3.8, 4) is 5.88 Å². The highest BCUT2D eigenvalue weighted by atomic mass is 16.5. The summed E-state index contributed by atoms with van der Waals surface area (Å²) < 4.78 is 11.3. The molecule has 0 saturated carbocycles. The highest BCUT2D eigenvalue weighted by Crippen LogP contribution is 2.16. The SMILES string of the molecule is O=C(COCc1ccccc1)N1CCC[C@H](Oc2cnccn2)C1. The Morgan fingerprint density at radius 1 is 1.25 bits per heavy atom. The maximum Gasteiger partial charge on any atom is 0.248 e. The smallest absolute Gasteiger partial charge is 0.248 e. The highest BCUT2D eigenvalue weighted by Gasteiger charge is 2.25. The number of carbonyl (C=O) groups is 1. The van der Waals surface area contributed by atoms with E-state index in [-0.39, 0.29) is 18.6 Å². The lowest BCUT2D eigenvalue weighted by molar-refractivity contribution is -0.139. The Bertz CT molecular complexity index is 636. The topological polar surface area (TPSA) is 64.5 Å². The van der Waals surface area contributed by atoms with E-state index in [1.54, 1.807) is 23.5 Å². The van der Waals surface area contributed by atoms with Gasteiger partial charge in [-0.3, -0.25) is 9.78 Å². The maximum atomic E-state index is 12.3. The van der Waals surface area contributed by atoms with Gasteiger partial charge in [-0.05, 0) is 18.4 Å². The molecule has 1 amide bonds. The molecule has 126 valence electrons. The molecule has 24 heavy (non-hydrogen) atoms. The minimum absolute atomic E-state index is 0.00150. The molecule has 0 aliphatic carbocycles. The largest absolute Gasteiger partial charge is 0.471 e. The zero-order chi connectivity index (χ0) is 16.6. The van der Waals surface area contributed by atoms with Crippen LogP contribution in [0.25, 0.3) is 0 Å². The van der Waals surface area contributed by atoms with E-state index >= 15 is 0 Å². The predicted octanol–water partition coefficient (Wildman–Crippen LogP) is 2.06. The Labute approximate surface area is 141 Å². The van der Waals surface area contributed by atoms with E-state index < -0.39 is 0 Å². The second-order valence-corrected chi connectivity index (χ2v) is 5.74.